The molecule has 7 nitrogen and oxygen atoms in total. The van der Waals surface area contributed by atoms with Crippen molar-refractivity contribution >= 4 is 10.0 Å². The number of sulfonamides is 1. The summed E-state index contributed by atoms with van der Waals surface area (Å²) in [6.07, 6.45) is 0.259. The summed E-state index contributed by atoms with van der Waals surface area (Å²) in [5.74, 6) is 0.820. The van der Waals surface area contributed by atoms with Crippen molar-refractivity contribution in [3.63, 3.8) is 0 Å². The predicted molar refractivity (Wildman–Crippen MR) is 102 cm³/mol. The molecule has 1 aliphatic rings. The summed E-state index contributed by atoms with van der Waals surface area (Å²) in [5.41, 5.74) is 0.628. The highest BCUT2D eigenvalue weighted by atomic mass is 32.2. The van der Waals surface area contributed by atoms with Gasteiger partial charge in [0, 0.05) is 25.4 Å². The first-order valence-corrected chi connectivity index (χ1v) is 10.3. The molecule has 1 saturated heterocycles. The first-order valence-electron chi connectivity index (χ1n) is 8.89. The average Bonchev–Trinajstić information content (AvgIpc) is 3.09. The van der Waals surface area contributed by atoms with Crippen LogP contribution in [0.3, 0.4) is 0 Å². The molecule has 0 spiro atoms. The summed E-state index contributed by atoms with van der Waals surface area (Å²) in [5, 5.41) is 0. The molecule has 1 aromatic heterocycles. The van der Waals surface area contributed by atoms with E-state index in [1.807, 2.05) is 13.8 Å². The Hall–Kier alpha value is -2.32. The number of pyridine rings is 1. The van der Waals surface area contributed by atoms with Crippen LogP contribution in [0.5, 0.6) is 11.5 Å². The number of aryl methyl sites for hydroxylation is 1. The number of nitrogens with zero attached hydrogens (tertiary/aromatic N) is 2. The van der Waals surface area contributed by atoms with Gasteiger partial charge in [-0.2, -0.15) is 4.31 Å². The quantitative estimate of drug-likeness (QED) is 0.751. The van der Waals surface area contributed by atoms with Gasteiger partial charge in [-0.15, -0.1) is 0 Å². The molecule has 0 bridgehead atoms. The molecule has 3 rings (SSSR count). The second-order valence-electron chi connectivity index (χ2n) is 6.50. The van der Waals surface area contributed by atoms with Crippen LogP contribution in [0.25, 0.3) is 0 Å². The molecule has 8 heteroatoms. The van der Waals surface area contributed by atoms with Gasteiger partial charge >= 0.3 is 0 Å². The van der Waals surface area contributed by atoms with Crippen LogP contribution < -0.4 is 15.0 Å². The molecule has 0 amide bonds. The maximum Gasteiger partial charge on any atom is 0.254 e. The van der Waals surface area contributed by atoms with Crippen LogP contribution >= 0.6 is 0 Å². The number of rotatable bonds is 6. The van der Waals surface area contributed by atoms with Crippen LogP contribution in [0.4, 0.5) is 0 Å². The fourth-order valence-electron chi connectivity index (χ4n) is 3.09. The monoisotopic (exact) mass is 392 g/mol. The van der Waals surface area contributed by atoms with Gasteiger partial charge in [-0.25, -0.2) is 8.42 Å². The minimum atomic E-state index is -3.68. The lowest BCUT2D eigenvalue weighted by molar-refractivity contribution is 0.214. The van der Waals surface area contributed by atoms with Crippen LogP contribution in [0, 0.1) is 6.92 Å². The van der Waals surface area contributed by atoms with Crippen LogP contribution in [0.15, 0.2) is 46.1 Å². The zero-order valence-corrected chi connectivity index (χ0v) is 16.5. The number of hydrogen-bond donors (Lipinski definition) is 0. The Balaban J connectivity index is 1.77. The van der Waals surface area contributed by atoms with Crippen LogP contribution in [-0.4, -0.2) is 43.1 Å². The van der Waals surface area contributed by atoms with Crippen molar-refractivity contribution in [1.29, 1.82) is 0 Å². The van der Waals surface area contributed by atoms with Gasteiger partial charge in [-0.3, -0.25) is 4.79 Å². The highest BCUT2D eigenvalue weighted by Crippen LogP contribution is 2.29. The van der Waals surface area contributed by atoms with Crippen molar-refractivity contribution in [3.8, 4) is 11.5 Å². The Kier molecular flexibility index (Phi) is 5.57. The van der Waals surface area contributed by atoms with E-state index in [9.17, 15) is 13.2 Å². The van der Waals surface area contributed by atoms with Gasteiger partial charge in [-0.1, -0.05) is 12.1 Å². The second kappa shape index (κ2) is 7.74. The van der Waals surface area contributed by atoms with Crippen molar-refractivity contribution in [3.05, 3.63) is 52.4 Å². The van der Waals surface area contributed by atoms with Gasteiger partial charge in [0.25, 0.3) is 5.56 Å². The normalized spacial score (nSPS) is 17.8. The molecule has 27 heavy (non-hydrogen) atoms. The zero-order valence-electron chi connectivity index (χ0n) is 15.7. The molecule has 0 saturated carbocycles. The molecule has 1 atom stereocenters. The molecule has 1 unspecified atom stereocenters. The fourth-order valence-corrected chi connectivity index (χ4v) is 4.70. The van der Waals surface area contributed by atoms with Gasteiger partial charge in [0.2, 0.25) is 10.0 Å². The first-order chi connectivity index (χ1) is 12.8. The molecule has 0 N–H and O–H groups in total. The lowest BCUT2D eigenvalue weighted by Gasteiger charge is -2.19. The van der Waals surface area contributed by atoms with Gasteiger partial charge in [-0.05, 0) is 38.5 Å². The van der Waals surface area contributed by atoms with Crippen LogP contribution in [0.1, 0.15) is 19.0 Å². The van der Waals surface area contributed by atoms with E-state index in [0.717, 1.165) is 5.69 Å². The Labute approximate surface area is 159 Å². The lowest BCUT2D eigenvalue weighted by Crippen LogP contribution is -2.31. The molecular formula is C19H24N2O5S. The van der Waals surface area contributed by atoms with Gasteiger partial charge in [0.05, 0.1) is 13.2 Å². The second-order valence-corrected chi connectivity index (χ2v) is 8.41. The predicted octanol–water partition coefficient (Wildman–Crippen LogP) is 1.93. The maximum atomic E-state index is 13.0. The Morgan fingerprint density at radius 1 is 1.22 bits per heavy atom. The van der Waals surface area contributed by atoms with Crippen molar-refractivity contribution < 1.29 is 17.9 Å². The standard InChI is InChI=1S/C19H24N2O5S/c1-4-25-17-7-5-6-8-18(17)27(23,24)21-10-9-15(13-21)26-16-11-14(2)20(3)19(22)12-16/h5-8,11-12,15H,4,9-10,13H2,1-3H3. The Morgan fingerprint density at radius 2 is 1.96 bits per heavy atom. The van der Waals surface area contributed by atoms with Gasteiger partial charge in [0.1, 0.15) is 22.5 Å². The molecular weight excluding hydrogens is 368 g/mol. The van der Waals surface area contributed by atoms with E-state index in [4.69, 9.17) is 9.47 Å². The van der Waals surface area contributed by atoms with E-state index in [2.05, 4.69) is 0 Å². The summed E-state index contributed by atoms with van der Waals surface area (Å²) in [6, 6.07) is 9.85. The summed E-state index contributed by atoms with van der Waals surface area (Å²) < 4.78 is 40.3. The summed E-state index contributed by atoms with van der Waals surface area (Å²) in [6.45, 7) is 4.62. The van der Waals surface area contributed by atoms with Crippen molar-refractivity contribution in [2.45, 2.75) is 31.3 Å². The SMILES string of the molecule is CCOc1ccccc1S(=O)(=O)N1CCC(Oc2cc(C)n(C)c(=O)c2)C1. The van der Waals surface area contributed by atoms with E-state index in [0.29, 0.717) is 31.1 Å². The van der Waals surface area contributed by atoms with E-state index in [1.54, 1.807) is 37.4 Å². The number of para-hydroxylation sites is 1. The molecule has 146 valence electrons. The van der Waals surface area contributed by atoms with Crippen molar-refractivity contribution in [1.82, 2.24) is 8.87 Å². The third-order valence-electron chi connectivity index (χ3n) is 4.65. The number of benzene rings is 1. The smallest absolute Gasteiger partial charge is 0.254 e. The van der Waals surface area contributed by atoms with Crippen LogP contribution in [0.2, 0.25) is 0 Å². The highest BCUT2D eigenvalue weighted by Gasteiger charge is 2.35. The van der Waals surface area contributed by atoms with E-state index in [1.165, 1.54) is 14.9 Å². The number of hydrogen-bond acceptors (Lipinski definition) is 5. The summed E-state index contributed by atoms with van der Waals surface area (Å²) in [4.78, 5) is 12.1. The van der Waals surface area contributed by atoms with E-state index >= 15 is 0 Å². The Morgan fingerprint density at radius 3 is 2.67 bits per heavy atom. The van der Waals surface area contributed by atoms with Gasteiger partial charge < -0.3 is 14.0 Å². The third-order valence-corrected chi connectivity index (χ3v) is 6.56. The summed E-state index contributed by atoms with van der Waals surface area (Å²) in [7, 11) is -1.98. The summed E-state index contributed by atoms with van der Waals surface area (Å²) >= 11 is 0. The minimum absolute atomic E-state index is 0.155. The van der Waals surface area contributed by atoms with E-state index < -0.39 is 10.0 Å². The third kappa shape index (κ3) is 4.01. The molecule has 1 aromatic carbocycles. The van der Waals surface area contributed by atoms with Gasteiger partial charge in [0.15, 0.2) is 0 Å². The average molecular weight is 392 g/mol. The molecule has 0 aliphatic carbocycles. The van der Waals surface area contributed by atoms with Crippen molar-refractivity contribution in [2.24, 2.45) is 7.05 Å². The topological polar surface area (TPSA) is 77.8 Å². The lowest BCUT2D eigenvalue weighted by atomic mass is 10.3. The molecule has 1 fully saturated rings. The largest absolute Gasteiger partial charge is 0.492 e. The van der Waals surface area contributed by atoms with Crippen LogP contribution in [-0.2, 0) is 17.1 Å². The fraction of sp³-hybridized carbons (Fsp3) is 0.421. The first kappa shape index (κ1) is 19.4. The molecule has 2 heterocycles. The molecule has 2 aromatic rings. The maximum absolute atomic E-state index is 13.0. The Bertz CT molecular complexity index is 984. The number of aromatic nitrogens is 1. The van der Waals surface area contributed by atoms with Crippen molar-refractivity contribution in [2.75, 3.05) is 19.7 Å². The molecule has 0 radical (unpaired) electrons. The highest BCUT2D eigenvalue weighted by molar-refractivity contribution is 7.89. The zero-order chi connectivity index (χ0) is 19.6. The number of ether oxygens (including phenoxy) is 2. The minimum Gasteiger partial charge on any atom is -0.492 e. The van der Waals surface area contributed by atoms with E-state index in [-0.39, 0.29) is 23.1 Å². The molecule has 1 aliphatic heterocycles.